The molecule has 1 nitrogen and oxygen atoms in total. The minimum atomic E-state index is 0.746. The Labute approximate surface area is 234 Å². The van der Waals surface area contributed by atoms with Crippen molar-refractivity contribution in [1.29, 1.82) is 0 Å². The summed E-state index contributed by atoms with van der Waals surface area (Å²) in [4.78, 5) is 0. The molecule has 0 spiro atoms. The maximum Gasteiger partial charge on any atom is 0.143 e. The number of furan rings is 1. The third-order valence-electron chi connectivity index (χ3n) is 7.70. The Balaban J connectivity index is 1.50. The van der Waals surface area contributed by atoms with Gasteiger partial charge in [-0.3, -0.25) is 0 Å². The second kappa shape index (κ2) is 9.59. The van der Waals surface area contributed by atoms with Gasteiger partial charge < -0.3 is 4.42 Å². The molecular weight excluding hydrogens is 483 g/mol. The summed E-state index contributed by atoms with van der Waals surface area (Å²) in [6, 6.07) is 38.0. The summed E-state index contributed by atoms with van der Waals surface area (Å²) in [5.41, 5.74) is 9.05. The highest BCUT2D eigenvalue weighted by Crippen LogP contribution is 2.43. The van der Waals surface area contributed by atoms with Crippen LogP contribution in [0.2, 0.25) is 0 Å². The van der Waals surface area contributed by atoms with Crippen molar-refractivity contribution >= 4 is 62.4 Å². The molecule has 6 aromatic carbocycles. The lowest BCUT2D eigenvalue weighted by Crippen LogP contribution is -1.99. The molecule has 40 heavy (non-hydrogen) atoms. The van der Waals surface area contributed by atoms with E-state index in [1.165, 1.54) is 27.1 Å². The molecule has 0 aliphatic carbocycles. The molecule has 7 rings (SSSR count). The first kappa shape index (κ1) is 24.0. The Morgan fingerprint density at radius 2 is 1.27 bits per heavy atom. The molecule has 1 aromatic heterocycles. The molecule has 0 unspecified atom stereocenters. The summed E-state index contributed by atoms with van der Waals surface area (Å²) < 4.78 is 6.60. The number of fused-ring (bicyclic) bond motifs is 5. The van der Waals surface area contributed by atoms with Crippen LogP contribution in [-0.2, 0) is 0 Å². The van der Waals surface area contributed by atoms with E-state index in [4.69, 9.17) is 12.3 Å². The van der Waals surface area contributed by atoms with Crippen molar-refractivity contribution in [2.45, 2.75) is 0 Å². The zero-order valence-corrected chi connectivity index (χ0v) is 22.0. The fraction of sp³-hybridized carbons (Fsp3) is 0. The van der Waals surface area contributed by atoms with Crippen LogP contribution in [0.25, 0.3) is 71.3 Å². The first-order valence-corrected chi connectivity index (χ1v) is 13.4. The van der Waals surface area contributed by atoms with E-state index in [2.05, 4.69) is 98.1 Å². The summed E-state index contributed by atoms with van der Waals surface area (Å²) >= 11 is 0. The quantitative estimate of drug-likeness (QED) is 0.128. The highest BCUT2D eigenvalue weighted by molar-refractivity contribution is 6.32. The normalized spacial score (nSPS) is 11.7. The summed E-state index contributed by atoms with van der Waals surface area (Å²) in [6.45, 7) is 8.24. The number of hydrogen-bond donors (Lipinski definition) is 0. The predicted octanol–water partition coefficient (Wildman–Crippen LogP) is 9.78. The van der Waals surface area contributed by atoms with Crippen LogP contribution >= 0.6 is 0 Å². The van der Waals surface area contributed by atoms with Crippen molar-refractivity contribution in [2.75, 3.05) is 0 Å². The molecule has 0 atom stereocenters. The van der Waals surface area contributed by atoms with Gasteiger partial charge in [0.05, 0.1) is 0 Å². The van der Waals surface area contributed by atoms with Gasteiger partial charge in [0.2, 0.25) is 0 Å². The van der Waals surface area contributed by atoms with Gasteiger partial charge in [0.15, 0.2) is 0 Å². The van der Waals surface area contributed by atoms with Crippen LogP contribution in [0.4, 0.5) is 0 Å². The van der Waals surface area contributed by atoms with Crippen LogP contribution in [0.5, 0.6) is 0 Å². The number of rotatable bonds is 5. The van der Waals surface area contributed by atoms with E-state index in [1.807, 2.05) is 36.4 Å². The lowest BCUT2D eigenvalue weighted by molar-refractivity contribution is 0.670. The topological polar surface area (TPSA) is 13.1 Å². The molecule has 0 aliphatic heterocycles. The van der Waals surface area contributed by atoms with Gasteiger partial charge in [-0.05, 0) is 61.5 Å². The molecule has 0 aliphatic rings. The smallest absolute Gasteiger partial charge is 0.143 e. The van der Waals surface area contributed by atoms with Crippen molar-refractivity contribution in [3.8, 4) is 22.3 Å². The lowest BCUT2D eigenvalue weighted by atomic mass is 9.86. The van der Waals surface area contributed by atoms with Gasteiger partial charge in [-0.1, -0.05) is 134 Å². The number of para-hydroxylation sites is 1. The molecule has 186 valence electrons. The van der Waals surface area contributed by atoms with E-state index < -0.39 is 0 Å². The SMILES string of the molecule is [B]c1ccc(-c2cccc3c2oc2cc(-c4c5ccccc5c(C(=C)/C=C\C=C)c5ccccc45)ccc23)cc1. The van der Waals surface area contributed by atoms with Gasteiger partial charge in [-0.15, -0.1) is 0 Å². The van der Waals surface area contributed by atoms with Gasteiger partial charge in [-0.2, -0.15) is 0 Å². The molecule has 0 saturated heterocycles. The molecule has 2 heteroatoms. The largest absolute Gasteiger partial charge is 0.455 e. The van der Waals surface area contributed by atoms with Crippen molar-refractivity contribution in [2.24, 2.45) is 0 Å². The molecule has 2 radical (unpaired) electrons. The zero-order chi connectivity index (χ0) is 27.2. The van der Waals surface area contributed by atoms with Gasteiger partial charge >= 0.3 is 0 Å². The maximum absolute atomic E-state index is 6.60. The molecule has 7 aromatic rings. The minimum absolute atomic E-state index is 0.746. The van der Waals surface area contributed by atoms with E-state index in [-0.39, 0.29) is 0 Å². The highest BCUT2D eigenvalue weighted by atomic mass is 16.3. The standard InChI is InChI=1S/C38H25BO/c1-3-4-10-24(2)36-30-11-5-7-13-32(30)37(33-14-8-6-12-31(33)36)26-19-22-29-34-16-9-15-28(38(34)40-35(29)23-26)25-17-20-27(39)21-18-25/h3-23H,1-2H2/b10-4-. The summed E-state index contributed by atoms with van der Waals surface area (Å²) in [6.07, 6.45) is 5.75. The van der Waals surface area contributed by atoms with E-state index >= 15 is 0 Å². The third-order valence-corrected chi connectivity index (χ3v) is 7.70. The predicted molar refractivity (Wildman–Crippen MR) is 173 cm³/mol. The fourth-order valence-electron chi connectivity index (χ4n) is 5.90. The first-order valence-electron chi connectivity index (χ1n) is 13.4. The van der Waals surface area contributed by atoms with Gasteiger partial charge in [0.25, 0.3) is 0 Å². The van der Waals surface area contributed by atoms with Crippen molar-refractivity contribution in [1.82, 2.24) is 0 Å². The number of allylic oxidation sites excluding steroid dienone is 4. The summed E-state index contributed by atoms with van der Waals surface area (Å²) in [7, 11) is 5.94. The molecule has 0 amide bonds. The number of hydrogen-bond acceptors (Lipinski definition) is 1. The van der Waals surface area contributed by atoms with Crippen LogP contribution in [-0.4, -0.2) is 7.85 Å². The molecule has 1 heterocycles. The lowest BCUT2D eigenvalue weighted by Gasteiger charge is -2.17. The number of benzene rings is 6. The fourth-order valence-corrected chi connectivity index (χ4v) is 5.90. The van der Waals surface area contributed by atoms with E-state index in [1.54, 1.807) is 6.08 Å². The minimum Gasteiger partial charge on any atom is -0.455 e. The Morgan fingerprint density at radius 3 is 1.95 bits per heavy atom. The van der Waals surface area contributed by atoms with E-state index in [9.17, 15) is 0 Å². The van der Waals surface area contributed by atoms with Crippen molar-refractivity contribution < 1.29 is 4.42 Å². The molecular formula is C38H25BO. The van der Waals surface area contributed by atoms with Crippen LogP contribution in [0.15, 0.2) is 145 Å². The van der Waals surface area contributed by atoms with E-state index in [0.29, 0.717) is 0 Å². The molecule has 0 fully saturated rings. The molecule has 0 saturated carbocycles. The third kappa shape index (κ3) is 3.80. The van der Waals surface area contributed by atoms with Crippen LogP contribution in [0, 0.1) is 0 Å². The van der Waals surface area contributed by atoms with Gasteiger partial charge in [-0.25, -0.2) is 0 Å². The molecule has 0 N–H and O–H groups in total. The second-order valence-electron chi connectivity index (χ2n) is 10.1. The van der Waals surface area contributed by atoms with Gasteiger partial charge in [0.1, 0.15) is 19.0 Å². The summed E-state index contributed by atoms with van der Waals surface area (Å²) in [5.74, 6) is 0. The monoisotopic (exact) mass is 508 g/mol. The van der Waals surface area contributed by atoms with Gasteiger partial charge in [0, 0.05) is 16.3 Å². The average Bonchev–Trinajstić information content (AvgIpc) is 3.37. The summed E-state index contributed by atoms with van der Waals surface area (Å²) in [5, 5.41) is 6.91. The first-order chi connectivity index (χ1) is 19.6. The van der Waals surface area contributed by atoms with Crippen LogP contribution < -0.4 is 5.46 Å². The van der Waals surface area contributed by atoms with Crippen LogP contribution in [0.3, 0.4) is 0 Å². The Morgan fingerprint density at radius 1 is 0.650 bits per heavy atom. The average molecular weight is 508 g/mol. The highest BCUT2D eigenvalue weighted by Gasteiger charge is 2.18. The van der Waals surface area contributed by atoms with Crippen molar-refractivity contribution in [3.63, 3.8) is 0 Å². The Bertz CT molecular complexity index is 2080. The maximum atomic E-state index is 6.60. The second-order valence-corrected chi connectivity index (χ2v) is 10.1. The van der Waals surface area contributed by atoms with Crippen LogP contribution in [0.1, 0.15) is 5.56 Å². The van der Waals surface area contributed by atoms with Crippen molar-refractivity contribution in [3.05, 3.63) is 146 Å². The Kier molecular flexibility index (Phi) is 5.75. The van der Waals surface area contributed by atoms with E-state index in [0.717, 1.165) is 55.2 Å². The Hall–Kier alpha value is -5.08. The zero-order valence-electron chi connectivity index (χ0n) is 22.0. The molecule has 0 bridgehead atoms.